The molecule has 0 radical (unpaired) electrons. The van der Waals surface area contributed by atoms with Crippen molar-refractivity contribution in [3.8, 4) is 0 Å². The Bertz CT molecular complexity index is 752. The second-order valence-corrected chi connectivity index (χ2v) is 8.24. The van der Waals surface area contributed by atoms with Crippen LogP contribution >= 0.6 is 22.7 Å². The van der Waals surface area contributed by atoms with E-state index in [0.717, 1.165) is 16.7 Å². The lowest BCUT2D eigenvalue weighted by Gasteiger charge is -2.14. The predicted molar refractivity (Wildman–Crippen MR) is 99.6 cm³/mol. The van der Waals surface area contributed by atoms with Crippen LogP contribution in [0.25, 0.3) is 0 Å². The number of amides is 1. The molecule has 1 unspecified atom stereocenters. The van der Waals surface area contributed by atoms with Gasteiger partial charge in [0, 0.05) is 29.7 Å². The lowest BCUT2D eigenvalue weighted by Crippen LogP contribution is -2.29. The number of rotatable bonds is 7. The predicted octanol–water partition coefficient (Wildman–Crippen LogP) is 3.36. The van der Waals surface area contributed by atoms with Crippen LogP contribution in [0.1, 0.15) is 21.9 Å². The van der Waals surface area contributed by atoms with Crippen LogP contribution in [0.15, 0.2) is 58.2 Å². The molecule has 24 heavy (non-hydrogen) atoms. The standard InChI is InChI=1S/C17H16N2O2S3/c20-16(19-9-13-2-1-5-18-8-13)12-24(21)17(14-3-6-22-10-14)15-4-7-23-11-15/h1-8,10-11,17H,9,12H2,(H,19,20). The average molecular weight is 377 g/mol. The van der Waals surface area contributed by atoms with E-state index in [-0.39, 0.29) is 16.9 Å². The Kier molecular flexibility index (Phi) is 5.90. The summed E-state index contributed by atoms with van der Waals surface area (Å²) in [5.74, 6) is -0.232. The van der Waals surface area contributed by atoms with E-state index in [4.69, 9.17) is 0 Å². The van der Waals surface area contributed by atoms with E-state index in [9.17, 15) is 9.00 Å². The van der Waals surface area contributed by atoms with E-state index in [1.54, 1.807) is 35.1 Å². The number of nitrogens with one attached hydrogen (secondary N) is 1. The first-order valence-corrected chi connectivity index (χ1v) is 10.6. The van der Waals surface area contributed by atoms with Crippen molar-refractivity contribution in [3.05, 3.63) is 74.9 Å². The van der Waals surface area contributed by atoms with E-state index in [2.05, 4.69) is 10.3 Å². The van der Waals surface area contributed by atoms with Gasteiger partial charge >= 0.3 is 0 Å². The molecular formula is C17H16N2O2S3. The summed E-state index contributed by atoms with van der Waals surface area (Å²) in [5, 5.41) is 10.5. The second kappa shape index (κ2) is 8.32. The van der Waals surface area contributed by atoms with E-state index < -0.39 is 10.8 Å². The highest BCUT2D eigenvalue weighted by atomic mass is 32.2. The molecule has 1 N–H and O–H groups in total. The zero-order valence-corrected chi connectivity index (χ0v) is 15.2. The van der Waals surface area contributed by atoms with Crippen LogP contribution in [-0.4, -0.2) is 20.9 Å². The molecule has 0 saturated carbocycles. The molecule has 0 aliphatic heterocycles. The van der Waals surface area contributed by atoms with Gasteiger partial charge < -0.3 is 5.32 Å². The van der Waals surface area contributed by atoms with Crippen LogP contribution in [0.5, 0.6) is 0 Å². The molecule has 0 aliphatic rings. The minimum atomic E-state index is -1.32. The number of carbonyl (C=O) groups excluding carboxylic acids is 1. The van der Waals surface area contributed by atoms with Crippen molar-refractivity contribution in [3.63, 3.8) is 0 Å². The smallest absolute Gasteiger partial charge is 0.232 e. The number of thiophene rings is 2. The summed E-state index contributed by atoms with van der Waals surface area (Å²) in [6, 6.07) is 7.66. The third kappa shape index (κ3) is 4.37. The highest BCUT2D eigenvalue weighted by Gasteiger charge is 2.24. The molecule has 0 bridgehead atoms. The quantitative estimate of drug-likeness (QED) is 0.688. The Hall–Kier alpha value is -1.83. The van der Waals surface area contributed by atoms with Gasteiger partial charge in [0.1, 0.15) is 5.75 Å². The molecule has 124 valence electrons. The number of pyridine rings is 1. The van der Waals surface area contributed by atoms with Crippen LogP contribution in [0.2, 0.25) is 0 Å². The van der Waals surface area contributed by atoms with E-state index in [1.165, 1.54) is 0 Å². The summed E-state index contributed by atoms with van der Waals surface area (Å²) in [6.45, 7) is 0.394. The van der Waals surface area contributed by atoms with Gasteiger partial charge in [-0.1, -0.05) is 6.07 Å². The van der Waals surface area contributed by atoms with Crippen molar-refractivity contribution in [2.45, 2.75) is 11.8 Å². The van der Waals surface area contributed by atoms with E-state index in [0.29, 0.717) is 6.54 Å². The zero-order valence-electron chi connectivity index (χ0n) is 12.8. The maximum atomic E-state index is 12.8. The molecule has 1 atom stereocenters. The van der Waals surface area contributed by atoms with Crippen LogP contribution in [0.4, 0.5) is 0 Å². The molecule has 3 heterocycles. The third-order valence-corrected chi connectivity index (χ3v) is 6.46. The maximum absolute atomic E-state index is 12.8. The van der Waals surface area contributed by atoms with E-state index in [1.807, 2.05) is 45.8 Å². The van der Waals surface area contributed by atoms with Crippen molar-refractivity contribution < 1.29 is 9.00 Å². The first-order chi connectivity index (χ1) is 11.7. The number of carbonyl (C=O) groups is 1. The van der Waals surface area contributed by atoms with Crippen LogP contribution in [0, 0.1) is 0 Å². The van der Waals surface area contributed by atoms with E-state index >= 15 is 0 Å². The summed E-state index contributed by atoms with van der Waals surface area (Å²) in [5.41, 5.74) is 2.91. The molecule has 1 amide bonds. The molecule has 3 rings (SSSR count). The monoisotopic (exact) mass is 376 g/mol. The summed E-state index contributed by atoms with van der Waals surface area (Å²) >= 11 is 3.14. The Labute approximate surface area is 151 Å². The Morgan fingerprint density at radius 1 is 1.17 bits per heavy atom. The Balaban J connectivity index is 1.64. The van der Waals surface area contributed by atoms with Crippen LogP contribution < -0.4 is 5.32 Å². The third-order valence-electron chi connectivity index (χ3n) is 3.44. The topological polar surface area (TPSA) is 59.1 Å². The van der Waals surface area contributed by atoms with Gasteiger partial charge in [-0.3, -0.25) is 14.0 Å². The van der Waals surface area contributed by atoms with Crippen LogP contribution in [0.3, 0.4) is 0 Å². The molecular weight excluding hydrogens is 360 g/mol. The summed E-state index contributed by atoms with van der Waals surface area (Å²) < 4.78 is 12.8. The highest BCUT2D eigenvalue weighted by molar-refractivity contribution is 7.86. The first-order valence-electron chi connectivity index (χ1n) is 7.31. The Morgan fingerprint density at radius 3 is 2.42 bits per heavy atom. The molecule has 0 aromatic carbocycles. The largest absolute Gasteiger partial charge is 0.351 e. The van der Waals surface area contributed by atoms with Crippen molar-refractivity contribution in [2.75, 3.05) is 5.75 Å². The van der Waals surface area contributed by atoms with Gasteiger partial charge in [-0.15, -0.1) is 0 Å². The van der Waals surface area contributed by atoms with Gasteiger partial charge in [-0.05, 0) is 56.4 Å². The normalized spacial score (nSPS) is 12.2. The van der Waals surface area contributed by atoms with Gasteiger partial charge in [0.2, 0.25) is 5.91 Å². The summed E-state index contributed by atoms with van der Waals surface area (Å²) in [7, 11) is -1.32. The van der Waals surface area contributed by atoms with Gasteiger partial charge in [-0.25, -0.2) is 0 Å². The lowest BCUT2D eigenvalue weighted by atomic mass is 10.1. The first kappa shape index (κ1) is 17.0. The maximum Gasteiger partial charge on any atom is 0.232 e. The number of nitrogens with zero attached hydrogens (tertiary/aromatic N) is 1. The highest BCUT2D eigenvalue weighted by Crippen LogP contribution is 2.31. The van der Waals surface area contributed by atoms with Gasteiger partial charge in [0.15, 0.2) is 0 Å². The van der Waals surface area contributed by atoms with Gasteiger partial charge in [-0.2, -0.15) is 22.7 Å². The minimum absolute atomic E-state index is 0.0172. The average Bonchev–Trinajstić information content (AvgIpc) is 3.29. The number of aromatic nitrogens is 1. The van der Waals surface area contributed by atoms with Crippen molar-refractivity contribution in [1.29, 1.82) is 0 Å². The van der Waals surface area contributed by atoms with Crippen molar-refractivity contribution >= 4 is 39.4 Å². The lowest BCUT2D eigenvalue weighted by molar-refractivity contribution is -0.118. The Morgan fingerprint density at radius 2 is 1.88 bits per heavy atom. The molecule has 3 aromatic heterocycles. The number of hydrogen-bond acceptors (Lipinski definition) is 5. The molecule has 4 nitrogen and oxygen atoms in total. The zero-order chi connectivity index (χ0) is 16.8. The molecule has 0 fully saturated rings. The molecule has 0 aliphatic carbocycles. The van der Waals surface area contributed by atoms with Crippen molar-refractivity contribution in [2.24, 2.45) is 0 Å². The minimum Gasteiger partial charge on any atom is -0.351 e. The fourth-order valence-corrected chi connectivity index (χ4v) is 5.28. The fourth-order valence-electron chi connectivity index (χ4n) is 2.31. The fraction of sp³-hybridized carbons (Fsp3) is 0.176. The number of hydrogen-bond donors (Lipinski definition) is 1. The van der Waals surface area contributed by atoms with Crippen molar-refractivity contribution in [1.82, 2.24) is 10.3 Å². The molecule has 0 spiro atoms. The molecule has 0 saturated heterocycles. The molecule has 7 heteroatoms. The van der Waals surface area contributed by atoms with Gasteiger partial charge in [0.25, 0.3) is 0 Å². The van der Waals surface area contributed by atoms with Gasteiger partial charge in [0.05, 0.1) is 5.25 Å². The summed E-state index contributed by atoms with van der Waals surface area (Å²) in [4.78, 5) is 16.2. The summed E-state index contributed by atoms with van der Waals surface area (Å²) in [6.07, 6.45) is 3.39. The second-order valence-electron chi connectivity index (χ2n) is 5.16. The SMILES string of the molecule is O=C(CS(=O)C(c1ccsc1)c1ccsc1)NCc1cccnc1. The molecule has 3 aromatic rings. The van der Waals surface area contributed by atoms with Crippen LogP contribution in [-0.2, 0) is 22.1 Å².